The minimum atomic E-state index is -0.858. The lowest BCUT2D eigenvalue weighted by Crippen LogP contribution is -2.38. The first-order valence-electron chi connectivity index (χ1n) is 11.8. The Morgan fingerprint density at radius 1 is 1.15 bits per heavy atom. The van der Waals surface area contributed by atoms with Crippen molar-refractivity contribution in [3.8, 4) is 6.07 Å². The fraction of sp³-hybridized carbons (Fsp3) is 0.440. The van der Waals surface area contributed by atoms with Crippen molar-refractivity contribution in [3.63, 3.8) is 0 Å². The zero-order valence-corrected chi connectivity index (χ0v) is 19.7. The van der Waals surface area contributed by atoms with Crippen LogP contribution in [0.2, 0.25) is 0 Å². The summed E-state index contributed by atoms with van der Waals surface area (Å²) in [5.41, 5.74) is 1.60. The molecule has 0 radical (unpaired) electrons. The smallest absolute Gasteiger partial charge is 0.273 e. The molecular weight excluding hydrogens is 453 g/mol. The van der Waals surface area contributed by atoms with Crippen molar-refractivity contribution in [2.45, 2.75) is 44.8 Å². The average molecular weight is 480 g/mol. The van der Waals surface area contributed by atoms with Crippen molar-refractivity contribution in [2.24, 2.45) is 0 Å². The highest BCUT2D eigenvalue weighted by Crippen LogP contribution is 2.28. The highest BCUT2D eigenvalue weighted by molar-refractivity contribution is 7.20. The molecule has 34 heavy (non-hydrogen) atoms. The van der Waals surface area contributed by atoms with E-state index < -0.39 is 6.17 Å². The zero-order chi connectivity index (χ0) is 23.7. The number of carbonyl (C=O) groups excluding carboxylic acids is 1. The largest absolute Gasteiger partial charge is 0.342 e. The first-order valence-corrected chi connectivity index (χ1v) is 12.6. The molecule has 1 amide bonds. The minimum Gasteiger partial charge on any atom is -0.342 e. The van der Waals surface area contributed by atoms with Crippen LogP contribution in [0.5, 0.6) is 0 Å². The second kappa shape index (κ2) is 9.55. The molecular formula is C25H26FN5O2S. The fourth-order valence-corrected chi connectivity index (χ4v) is 5.74. The van der Waals surface area contributed by atoms with Crippen LogP contribution in [-0.4, -0.2) is 52.7 Å². The molecule has 1 aromatic carbocycles. The lowest BCUT2D eigenvalue weighted by atomic mass is 10.1. The summed E-state index contributed by atoms with van der Waals surface area (Å²) in [4.78, 5) is 35.9. The van der Waals surface area contributed by atoms with Crippen molar-refractivity contribution < 1.29 is 9.18 Å². The van der Waals surface area contributed by atoms with Crippen LogP contribution >= 0.6 is 11.3 Å². The van der Waals surface area contributed by atoms with Crippen LogP contribution in [0.1, 0.15) is 52.9 Å². The van der Waals surface area contributed by atoms with E-state index in [0.29, 0.717) is 52.5 Å². The van der Waals surface area contributed by atoms with Crippen molar-refractivity contribution in [3.05, 3.63) is 56.7 Å². The molecule has 0 N–H and O–H groups in total. The number of rotatable bonds is 4. The molecule has 5 rings (SSSR count). The van der Waals surface area contributed by atoms with Crippen molar-refractivity contribution in [1.82, 2.24) is 14.5 Å². The molecule has 2 aliphatic heterocycles. The number of carbonyl (C=O) groups is 1. The molecule has 9 heteroatoms. The SMILES string of the molecule is N#Cc1ccccc1Cn1c(N2CCCCC2)nc2cc(C(=O)N3CCC(F)CC3)sc2c1=O. The quantitative estimate of drug-likeness (QED) is 0.566. The summed E-state index contributed by atoms with van der Waals surface area (Å²) in [5, 5.41) is 9.53. The van der Waals surface area contributed by atoms with Crippen LogP contribution in [0.3, 0.4) is 0 Å². The third kappa shape index (κ3) is 4.30. The number of aromatic nitrogens is 2. The molecule has 0 unspecified atom stereocenters. The van der Waals surface area contributed by atoms with Gasteiger partial charge in [-0.1, -0.05) is 18.2 Å². The number of hydrogen-bond acceptors (Lipinski definition) is 6. The van der Waals surface area contributed by atoms with Crippen LogP contribution in [0.25, 0.3) is 10.2 Å². The summed E-state index contributed by atoms with van der Waals surface area (Å²) in [6.45, 7) is 2.63. The van der Waals surface area contributed by atoms with E-state index in [4.69, 9.17) is 4.98 Å². The van der Waals surface area contributed by atoms with Gasteiger partial charge in [-0.25, -0.2) is 9.37 Å². The summed E-state index contributed by atoms with van der Waals surface area (Å²) in [7, 11) is 0. The highest BCUT2D eigenvalue weighted by atomic mass is 32.1. The third-order valence-corrected chi connectivity index (χ3v) is 7.74. The maximum Gasteiger partial charge on any atom is 0.273 e. The monoisotopic (exact) mass is 479 g/mol. The Morgan fingerprint density at radius 3 is 2.62 bits per heavy atom. The van der Waals surface area contributed by atoms with E-state index in [1.54, 1.807) is 27.7 Å². The molecule has 2 aliphatic rings. The van der Waals surface area contributed by atoms with E-state index in [1.165, 1.54) is 0 Å². The lowest BCUT2D eigenvalue weighted by Gasteiger charge is -2.29. The van der Waals surface area contributed by atoms with Gasteiger partial charge in [0.25, 0.3) is 11.5 Å². The second-order valence-electron chi connectivity index (χ2n) is 8.91. The van der Waals surface area contributed by atoms with Crippen LogP contribution in [0.15, 0.2) is 35.1 Å². The molecule has 0 saturated carbocycles. The summed E-state index contributed by atoms with van der Waals surface area (Å²) in [5.74, 6) is 0.412. The van der Waals surface area contributed by atoms with Gasteiger partial charge in [0.2, 0.25) is 5.95 Å². The zero-order valence-electron chi connectivity index (χ0n) is 18.9. The molecule has 2 aromatic heterocycles. The normalized spacial score (nSPS) is 17.2. The lowest BCUT2D eigenvalue weighted by molar-refractivity contribution is 0.0672. The van der Waals surface area contributed by atoms with Crippen LogP contribution in [-0.2, 0) is 6.54 Å². The van der Waals surface area contributed by atoms with E-state index in [0.717, 1.165) is 49.3 Å². The number of fused-ring (bicyclic) bond motifs is 1. The topological polar surface area (TPSA) is 82.2 Å². The fourth-order valence-electron chi connectivity index (χ4n) is 4.73. The Morgan fingerprint density at radius 2 is 1.88 bits per heavy atom. The number of anilines is 1. The summed E-state index contributed by atoms with van der Waals surface area (Å²) >= 11 is 1.15. The summed E-state index contributed by atoms with van der Waals surface area (Å²) in [6.07, 6.45) is 3.04. The van der Waals surface area contributed by atoms with E-state index in [2.05, 4.69) is 11.0 Å². The van der Waals surface area contributed by atoms with Crippen LogP contribution < -0.4 is 10.5 Å². The van der Waals surface area contributed by atoms with Crippen molar-refractivity contribution >= 4 is 33.4 Å². The van der Waals surface area contributed by atoms with Gasteiger partial charge in [0, 0.05) is 26.2 Å². The molecule has 0 bridgehead atoms. The number of amides is 1. The maximum absolute atomic E-state index is 13.7. The number of alkyl halides is 1. The maximum atomic E-state index is 13.7. The predicted molar refractivity (Wildman–Crippen MR) is 130 cm³/mol. The summed E-state index contributed by atoms with van der Waals surface area (Å²) < 4.78 is 15.6. The number of benzene rings is 1. The Hall–Kier alpha value is -3.25. The molecule has 7 nitrogen and oxygen atoms in total. The van der Waals surface area contributed by atoms with Crippen LogP contribution in [0, 0.1) is 11.3 Å². The predicted octanol–water partition coefficient (Wildman–Crippen LogP) is 3.94. The Kier molecular flexibility index (Phi) is 6.33. The van der Waals surface area contributed by atoms with E-state index in [1.807, 2.05) is 12.1 Å². The van der Waals surface area contributed by atoms with E-state index >= 15 is 0 Å². The number of nitriles is 1. The molecule has 0 spiro atoms. The third-order valence-electron chi connectivity index (χ3n) is 6.64. The number of likely N-dealkylation sites (tertiary alicyclic amines) is 1. The summed E-state index contributed by atoms with van der Waals surface area (Å²) in [6, 6.07) is 11.2. The minimum absolute atomic E-state index is 0.171. The Labute approximate surface area is 201 Å². The Bertz CT molecular complexity index is 1310. The molecule has 176 valence electrons. The van der Waals surface area contributed by atoms with Crippen molar-refractivity contribution in [2.75, 3.05) is 31.1 Å². The molecule has 0 atom stereocenters. The van der Waals surface area contributed by atoms with Gasteiger partial charge in [0.15, 0.2) is 0 Å². The molecule has 2 fully saturated rings. The van der Waals surface area contributed by atoms with Gasteiger partial charge in [-0.3, -0.25) is 14.2 Å². The highest BCUT2D eigenvalue weighted by Gasteiger charge is 2.27. The first-order chi connectivity index (χ1) is 16.5. The van der Waals surface area contributed by atoms with Gasteiger partial charge < -0.3 is 9.80 Å². The van der Waals surface area contributed by atoms with Crippen LogP contribution in [0.4, 0.5) is 10.3 Å². The molecule has 0 aliphatic carbocycles. The van der Waals surface area contributed by atoms with Crippen molar-refractivity contribution in [1.29, 1.82) is 5.26 Å². The number of thiophene rings is 1. The second-order valence-corrected chi connectivity index (χ2v) is 9.96. The van der Waals surface area contributed by atoms with Gasteiger partial charge in [-0.2, -0.15) is 5.26 Å². The van der Waals surface area contributed by atoms with Gasteiger partial charge in [0.05, 0.1) is 28.6 Å². The number of halogens is 1. The Balaban J connectivity index is 1.58. The van der Waals surface area contributed by atoms with E-state index in [9.17, 15) is 19.2 Å². The standard InChI is InChI=1S/C25H26FN5O2S/c26-19-8-12-29(13-9-19)23(32)21-14-20-22(34-21)24(33)31(16-18-7-3-2-6-17(18)15-27)25(28-20)30-10-4-1-5-11-30/h2-3,6-7,14,19H,1,4-5,8-13,16H2. The number of piperidine rings is 2. The van der Waals surface area contributed by atoms with Gasteiger partial charge in [-0.15, -0.1) is 11.3 Å². The molecule has 4 heterocycles. The van der Waals surface area contributed by atoms with E-state index in [-0.39, 0.29) is 18.0 Å². The average Bonchev–Trinajstić information content (AvgIpc) is 3.31. The van der Waals surface area contributed by atoms with Gasteiger partial charge >= 0.3 is 0 Å². The molecule has 3 aromatic rings. The van der Waals surface area contributed by atoms with Gasteiger partial charge in [-0.05, 0) is 49.8 Å². The number of hydrogen-bond donors (Lipinski definition) is 0. The van der Waals surface area contributed by atoms with Gasteiger partial charge in [0.1, 0.15) is 10.9 Å². The number of nitrogens with zero attached hydrogens (tertiary/aromatic N) is 5. The molecule has 2 saturated heterocycles. The first kappa shape index (κ1) is 22.5.